The fourth-order valence-electron chi connectivity index (χ4n) is 1.80. The third-order valence-electron chi connectivity index (χ3n) is 2.79. The van der Waals surface area contributed by atoms with Crippen molar-refractivity contribution in [2.24, 2.45) is 0 Å². The molecule has 2 rings (SSSR count). The lowest BCUT2D eigenvalue weighted by Gasteiger charge is -2.13. The summed E-state index contributed by atoms with van der Waals surface area (Å²) in [5.41, 5.74) is 1.06. The van der Waals surface area contributed by atoms with E-state index in [1.54, 1.807) is 0 Å². The largest absolute Gasteiger partial charge is 0.453 e. The third-order valence-corrected chi connectivity index (χ3v) is 2.79. The summed E-state index contributed by atoms with van der Waals surface area (Å²) in [6.07, 6.45) is -0.411. The number of ether oxygens (including phenoxy) is 1. The third kappa shape index (κ3) is 2.56. The van der Waals surface area contributed by atoms with Gasteiger partial charge in [-0.15, -0.1) is 0 Å². The highest BCUT2D eigenvalue weighted by Gasteiger charge is 2.09. The van der Waals surface area contributed by atoms with Crippen LogP contribution in [0.4, 0.5) is 4.79 Å². The van der Waals surface area contributed by atoms with E-state index in [-0.39, 0.29) is 6.04 Å². The Labute approximate surface area is 100 Å². The van der Waals surface area contributed by atoms with E-state index >= 15 is 0 Å². The van der Waals surface area contributed by atoms with Gasteiger partial charge < -0.3 is 10.1 Å². The summed E-state index contributed by atoms with van der Waals surface area (Å²) in [6.45, 7) is 1.93. The van der Waals surface area contributed by atoms with Gasteiger partial charge in [0.1, 0.15) is 0 Å². The molecule has 1 atom stereocenters. The molecule has 1 amide bonds. The van der Waals surface area contributed by atoms with Crippen LogP contribution in [-0.4, -0.2) is 13.2 Å². The van der Waals surface area contributed by atoms with Gasteiger partial charge in [0.05, 0.1) is 13.2 Å². The van der Waals surface area contributed by atoms with Crippen molar-refractivity contribution < 1.29 is 9.53 Å². The monoisotopic (exact) mass is 229 g/mol. The lowest BCUT2D eigenvalue weighted by molar-refractivity contribution is 0.167. The van der Waals surface area contributed by atoms with Crippen molar-refractivity contribution >= 4 is 16.9 Å². The predicted octanol–water partition coefficient (Wildman–Crippen LogP) is 3.26. The molecule has 2 aromatic carbocycles. The number of fused-ring (bicyclic) bond motifs is 1. The Morgan fingerprint density at radius 1 is 1.18 bits per heavy atom. The molecule has 0 saturated carbocycles. The Morgan fingerprint density at radius 2 is 1.88 bits per heavy atom. The molecule has 3 heteroatoms. The number of nitrogens with one attached hydrogen (secondary N) is 1. The number of alkyl carbamates (subject to hydrolysis) is 1. The smallest absolute Gasteiger partial charge is 0.407 e. The summed E-state index contributed by atoms with van der Waals surface area (Å²) < 4.78 is 4.58. The molecule has 17 heavy (non-hydrogen) atoms. The zero-order valence-electron chi connectivity index (χ0n) is 9.94. The van der Waals surface area contributed by atoms with E-state index in [1.165, 1.54) is 17.9 Å². The van der Waals surface area contributed by atoms with Crippen LogP contribution in [-0.2, 0) is 4.74 Å². The average molecular weight is 229 g/mol. The Bertz CT molecular complexity index is 536. The van der Waals surface area contributed by atoms with E-state index in [0.717, 1.165) is 5.56 Å². The molecule has 0 unspecified atom stereocenters. The molecule has 88 valence electrons. The highest BCUT2D eigenvalue weighted by molar-refractivity contribution is 5.83. The van der Waals surface area contributed by atoms with E-state index in [0.29, 0.717) is 0 Å². The second-order valence-electron chi connectivity index (χ2n) is 3.96. The molecule has 3 nitrogen and oxygen atoms in total. The van der Waals surface area contributed by atoms with Gasteiger partial charge in [-0.05, 0) is 29.3 Å². The number of benzene rings is 2. The molecule has 0 aliphatic rings. The maximum atomic E-state index is 11.1. The number of rotatable bonds is 2. The van der Waals surface area contributed by atoms with E-state index in [9.17, 15) is 4.79 Å². The highest BCUT2D eigenvalue weighted by Crippen LogP contribution is 2.20. The summed E-state index contributed by atoms with van der Waals surface area (Å²) in [4.78, 5) is 11.1. The van der Waals surface area contributed by atoms with Crippen LogP contribution < -0.4 is 5.32 Å². The maximum Gasteiger partial charge on any atom is 0.407 e. The number of methoxy groups -OCH3 is 1. The van der Waals surface area contributed by atoms with Crippen LogP contribution in [0.25, 0.3) is 10.8 Å². The minimum Gasteiger partial charge on any atom is -0.453 e. The number of hydrogen-bond donors (Lipinski definition) is 1. The Hall–Kier alpha value is -2.03. The molecular weight excluding hydrogens is 214 g/mol. The first-order valence-corrected chi connectivity index (χ1v) is 5.54. The first-order valence-electron chi connectivity index (χ1n) is 5.54. The fraction of sp³-hybridized carbons (Fsp3) is 0.214. The molecule has 0 heterocycles. The first kappa shape index (κ1) is 11.5. The molecular formula is C14H15NO2. The van der Waals surface area contributed by atoms with Crippen LogP contribution in [0.5, 0.6) is 0 Å². The second-order valence-corrected chi connectivity index (χ2v) is 3.96. The number of carbonyl (C=O) groups excluding carboxylic acids is 1. The van der Waals surface area contributed by atoms with Gasteiger partial charge in [-0.3, -0.25) is 0 Å². The quantitative estimate of drug-likeness (QED) is 0.858. The van der Waals surface area contributed by atoms with Gasteiger partial charge in [0.25, 0.3) is 0 Å². The molecule has 2 aromatic rings. The van der Waals surface area contributed by atoms with Gasteiger partial charge in [0, 0.05) is 0 Å². The molecule has 0 aromatic heterocycles. The van der Waals surface area contributed by atoms with Crippen molar-refractivity contribution in [3.63, 3.8) is 0 Å². The van der Waals surface area contributed by atoms with Crippen LogP contribution in [0.2, 0.25) is 0 Å². The molecule has 0 saturated heterocycles. The zero-order chi connectivity index (χ0) is 12.3. The van der Waals surface area contributed by atoms with Crippen LogP contribution in [0.15, 0.2) is 42.5 Å². The second kappa shape index (κ2) is 4.87. The minimum atomic E-state index is -0.411. The van der Waals surface area contributed by atoms with E-state index in [4.69, 9.17) is 0 Å². The van der Waals surface area contributed by atoms with Crippen molar-refractivity contribution in [1.29, 1.82) is 0 Å². The molecule has 0 aliphatic carbocycles. The molecule has 0 radical (unpaired) electrons. The summed E-state index contributed by atoms with van der Waals surface area (Å²) in [5.74, 6) is 0. The number of hydrogen-bond acceptors (Lipinski definition) is 2. The van der Waals surface area contributed by atoms with Crippen molar-refractivity contribution in [2.75, 3.05) is 7.11 Å². The lowest BCUT2D eigenvalue weighted by atomic mass is 10.0. The fourth-order valence-corrected chi connectivity index (χ4v) is 1.80. The minimum absolute atomic E-state index is 0.0629. The summed E-state index contributed by atoms with van der Waals surface area (Å²) in [5, 5.41) is 5.12. The highest BCUT2D eigenvalue weighted by atomic mass is 16.5. The van der Waals surface area contributed by atoms with Crippen LogP contribution in [0.3, 0.4) is 0 Å². The van der Waals surface area contributed by atoms with Gasteiger partial charge in [-0.1, -0.05) is 36.4 Å². The lowest BCUT2D eigenvalue weighted by Crippen LogP contribution is -2.26. The van der Waals surface area contributed by atoms with Crippen LogP contribution in [0, 0.1) is 0 Å². The van der Waals surface area contributed by atoms with Crippen LogP contribution >= 0.6 is 0 Å². The van der Waals surface area contributed by atoms with Gasteiger partial charge in [0.2, 0.25) is 0 Å². The van der Waals surface area contributed by atoms with Crippen molar-refractivity contribution in [1.82, 2.24) is 5.32 Å². The Morgan fingerprint density at radius 3 is 2.59 bits per heavy atom. The number of carbonyl (C=O) groups is 1. The summed E-state index contributed by atoms with van der Waals surface area (Å²) in [7, 11) is 1.36. The molecule has 0 spiro atoms. The standard InChI is InChI=1S/C14H15NO2/c1-10(15-14(16)17-2)12-8-7-11-5-3-4-6-13(11)9-12/h3-10H,1-2H3,(H,15,16)/t10-/m1/s1. The predicted molar refractivity (Wildman–Crippen MR) is 67.9 cm³/mol. The molecule has 0 fully saturated rings. The average Bonchev–Trinajstić information content (AvgIpc) is 2.38. The summed E-state index contributed by atoms with van der Waals surface area (Å²) in [6, 6.07) is 14.2. The van der Waals surface area contributed by atoms with Crippen molar-refractivity contribution in [3.8, 4) is 0 Å². The van der Waals surface area contributed by atoms with Gasteiger partial charge in [-0.2, -0.15) is 0 Å². The van der Waals surface area contributed by atoms with Crippen LogP contribution in [0.1, 0.15) is 18.5 Å². The van der Waals surface area contributed by atoms with E-state index in [1.807, 2.05) is 25.1 Å². The van der Waals surface area contributed by atoms with Gasteiger partial charge in [0.15, 0.2) is 0 Å². The van der Waals surface area contributed by atoms with Gasteiger partial charge >= 0.3 is 6.09 Å². The summed E-state index contributed by atoms with van der Waals surface area (Å²) >= 11 is 0. The molecule has 0 aliphatic heterocycles. The van der Waals surface area contributed by atoms with Gasteiger partial charge in [-0.25, -0.2) is 4.79 Å². The Kier molecular flexibility index (Phi) is 3.28. The maximum absolute atomic E-state index is 11.1. The van der Waals surface area contributed by atoms with E-state index in [2.05, 4.69) is 34.3 Å². The topological polar surface area (TPSA) is 38.3 Å². The van der Waals surface area contributed by atoms with Crippen molar-refractivity contribution in [3.05, 3.63) is 48.0 Å². The normalized spacial score (nSPS) is 12.1. The van der Waals surface area contributed by atoms with Crippen molar-refractivity contribution in [2.45, 2.75) is 13.0 Å². The molecule has 0 bridgehead atoms. The Balaban J connectivity index is 2.26. The first-order chi connectivity index (χ1) is 8.20. The number of amides is 1. The SMILES string of the molecule is COC(=O)N[C@H](C)c1ccc2ccccc2c1. The molecule has 1 N–H and O–H groups in total. The zero-order valence-corrected chi connectivity index (χ0v) is 9.94. The van der Waals surface area contributed by atoms with E-state index < -0.39 is 6.09 Å².